The molecule has 1 aromatic rings. The molecule has 0 N–H and O–H groups in total. The van der Waals surface area contributed by atoms with Crippen molar-refractivity contribution >= 4 is 5.71 Å². The average molecular weight is 268 g/mol. The van der Waals surface area contributed by atoms with Gasteiger partial charge in [0.25, 0.3) is 0 Å². The van der Waals surface area contributed by atoms with Crippen LogP contribution in [0.1, 0.15) is 44.7 Å². The standard InChI is InChI=1S/C18H24N2/c1-4-5-6-17-7-9-18(10-8-17)13-15(2)11-12-20-16(3)14-19/h7-12,15H,4-6,13H2,1-3H3. The summed E-state index contributed by atoms with van der Waals surface area (Å²) in [6.45, 7) is 6.10. The van der Waals surface area contributed by atoms with Crippen LogP contribution in [-0.4, -0.2) is 5.71 Å². The molecule has 0 bridgehead atoms. The zero-order valence-electron chi connectivity index (χ0n) is 12.8. The summed E-state index contributed by atoms with van der Waals surface area (Å²) in [6.07, 6.45) is 8.46. The van der Waals surface area contributed by atoms with Crippen LogP contribution in [0.25, 0.3) is 0 Å². The van der Waals surface area contributed by atoms with Crippen molar-refractivity contribution in [3.05, 3.63) is 47.7 Å². The van der Waals surface area contributed by atoms with Crippen LogP contribution in [0.3, 0.4) is 0 Å². The molecule has 1 atom stereocenters. The Morgan fingerprint density at radius 2 is 1.95 bits per heavy atom. The van der Waals surface area contributed by atoms with Crippen molar-refractivity contribution in [2.75, 3.05) is 0 Å². The van der Waals surface area contributed by atoms with Gasteiger partial charge in [-0.25, -0.2) is 0 Å². The normalized spacial score (nSPS) is 13.4. The minimum Gasteiger partial charge on any atom is -0.251 e. The molecule has 0 spiro atoms. The second-order valence-corrected chi connectivity index (χ2v) is 5.27. The number of aliphatic imine (C=N–C) groups is 1. The zero-order valence-corrected chi connectivity index (χ0v) is 12.8. The molecular formula is C18H24N2. The van der Waals surface area contributed by atoms with Crippen LogP contribution in [0.5, 0.6) is 0 Å². The van der Waals surface area contributed by atoms with E-state index in [1.54, 1.807) is 13.1 Å². The highest BCUT2D eigenvalue weighted by Gasteiger charge is 2.00. The molecule has 1 rings (SSSR count). The maximum atomic E-state index is 8.61. The predicted octanol–water partition coefficient (Wildman–Crippen LogP) is 4.71. The molecule has 0 radical (unpaired) electrons. The average Bonchev–Trinajstić information content (AvgIpc) is 2.46. The first-order valence-corrected chi connectivity index (χ1v) is 7.34. The lowest BCUT2D eigenvalue weighted by molar-refractivity contribution is 0.721. The van der Waals surface area contributed by atoms with Crippen LogP contribution >= 0.6 is 0 Å². The SMILES string of the molecule is CCCCc1ccc(CC(C)C=CN=C(C)C#N)cc1. The number of hydrogen-bond acceptors (Lipinski definition) is 2. The van der Waals surface area contributed by atoms with Crippen molar-refractivity contribution < 1.29 is 0 Å². The number of rotatable bonds is 7. The molecule has 1 unspecified atom stereocenters. The molecule has 20 heavy (non-hydrogen) atoms. The number of benzene rings is 1. The monoisotopic (exact) mass is 268 g/mol. The molecule has 2 nitrogen and oxygen atoms in total. The Kier molecular flexibility index (Phi) is 7.35. The second kappa shape index (κ2) is 9.09. The smallest absolute Gasteiger partial charge is 0.115 e. The van der Waals surface area contributed by atoms with E-state index in [1.165, 1.54) is 30.4 Å². The summed E-state index contributed by atoms with van der Waals surface area (Å²) in [5.74, 6) is 0.423. The lowest BCUT2D eigenvalue weighted by Crippen LogP contribution is -1.96. The fraction of sp³-hybridized carbons (Fsp3) is 0.444. The van der Waals surface area contributed by atoms with Crippen LogP contribution in [0.4, 0.5) is 0 Å². The van der Waals surface area contributed by atoms with Crippen molar-refractivity contribution in [2.45, 2.75) is 46.5 Å². The van der Waals surface area contributed by atoms with Gasteiger partial charge in [0.1, 0.15) is 11.8 Å². The van der Waals surface area contributed by atoms with Crippen LogP contribution in [0, 0.1) is 17.2 Å². The quantitative estimate of drug-likeness (QED) is 0.660. The lowest BCUT2D eigenvalue weighted by Gasteiger charge is -2.07. The maximum Gasteiger partial charge on any atom is 0.115 e. The number of hydrogen-bond donors (Lipinski definition) is 0. The summed E-state index contributed by atoms with van der Waals surface area (Å²) >= 11 is 0. The Hall–Kier alpha value is -1.88. The molecule has 0 aliphatic carbocycles. The Morgan fingerprint density at radius 3 is 2.55 bits per heavy atom. The van der Waals surface area contributed by atoms with Gasteiger partial charge in [-0.15, -0.1) is 0 Å². The molecule has 0 saturated carbocycles. The highest BCUT2D eigenvalue weighted by Crippen LogP contribution is 2.13. The Balaban J connectivity index is 2.50. The van der Waals surface area contributed by atoms with E-state index in [9.17, 15) is 0 Å². The summed E-state index contributed by atoms with van der Waals surface area (Å²) in [6, 6.07) is 10.9. The van der Waals surface area contributed by atoms with Crippen molar-refractivity contribution in [3.8, 4) is 6.07 Å². The largest absolute Gasteiger partial charge is 0.251 e. The van der Waals surface area contributed by atoms with E-state index in [0.717, 1.165) is 6.42 Å². The van der Waals surface area contributed by atoms with E-state index in [2.05, 4.69) is 43.1 Å². The highest BCUT2D eigenvalue weighted by atomic mass is 14.7. The first-order chi connectivity index (χ1) is 9.65. The van der Waals surface area contributed by atoms with Gasteiger partial charge in [-0.3, -0.25) is 4.99 Å². The van der Waals surface area contributed by atoms with Gasteiger partial charge in [-0.05, 0) is 43.2 Å². The fourth-order valence-corrected chi connectivity index (χ4v) is 1.99. The van der Waals surface area contributed by atoms with Gasteiger partial charge in [-0.1, -0.05) is 50.6 Å². The summed E-state index contributed by atoms with van der Waals surface area (Å²) in [4.78, 5) is 4.05. The Labute approximate surface area is 122 Å². The minimum atomic E-state index is 0.423. The van der Waals surface area contributed by atoms with E-state index in [0.29, 0.717) is 11.6 Å². The molecule has 0 aromatic heterocycles. The van der Waals surface area contributed by atoms with Crippen molar-refractivity contribution in [1.82, 2.24) is 0 Å². The molecule has 0 heterocycles. The van der Waals surface area contributed by atoms with Gasteiger partial charge in [0, 0.05) is 6.20 Å². The Bertz CT molecular complexity index is 489. The van der Waals surface area contributed by atoms with Crippen LogP contribution in [-0.2, 0) is 12.8 Å². The number of aryl methyl sites for hydroxylation is 1. The number of unbranched alkanes of at least 4 members (excludes halogenated alkanes) is 1. The molecule has 0 saturated heterocycles. The van der Waals surface area contributed by atoms with E-state index in [-0.39, 0.29) is 0 Å². The van der Waals surface area contributed by atoms with Crippen LogP contribution in [0.2, 0.25) is 0 Å². The first-order valence-electron chi connectivity index (χ1n) is 7.34. The zero-order chi connectivity index (χ0) is 14.8. The van der Waals surface area contributed by atoms with Crippen molar-refractivity contribution in [2.24, 2.45) is 10.9 Å². The van der Waals surface area contributed by atoms with Gasteiger partial charge in [0.15, 0.2) is 0 Å². The maximum absolute atomic E-state index is 8.61. The molecule has 0 amide bonds. The predicted molar refractivity (Wildman–Crippen MR) is 85.8 cm³/mol. The molecule has 1 aromatic carbocycles. The third kappa shape index (κ3) is 6.33. The molecular weight excluding hydrogens is 244 g/mol. The molecule has 106 valence electrons. The van der Waals surface area contributed by atoms with Gasteiger partial charge in [-0.2, -0.15) is 5.26 Å². The number of allylic oxidation sites excluding steroid dienone is 1. The second-order valence-electron chi connectivity index (χ2n) is 5.27. The van der Waals surface area contributed by atoms with E-state index < -0.39 is 0 Å². The summed E-state index contributed by atoms with van der Waals surface area (Å²) in [7, 11) is 0. The third-order valence-corrected chi connectivity index (χ3v) is 3.24. The highest BCUT2D eigenvalue weighted by molar-refractivity contribution is 5.96. The lowest BCUT2D eigenvalue weighted by atomic mass is 9.99. The molecule has 2 heteroatoms. The number of nitrogens with zero attached hydrogens (tertiary/aromatic N) is 2. The molecule has 0 aliphatic heterocycles. The van der Waals surface area contributed by atoms with Gasteiger partial charge in [0.05, 0.1) is 0 Å². The summed E-state index contributed by atoms with van der Waals surface area (Å²) < 4.78 is 0. The van der Waals surface area contributed by atoms with E-state index >= 15 is 0 Å². The molecule has 0 fully saturated rings. The van der Waals surface area contributed by atoms with Crippen molar-refractivity contribution in [3.63, 3.8) is 0 Å². The minimum absolute atomic E-state index is 0.423. The van der Waals surface area contributed by atoms with Gasteiger partial charge < -0.3 is 0 Å². The van der Waals surface area contributed by atoms with Gasteiger partial charge in [0.2, 0.25) is 0 Å². The van der Waals surface area contributed by atoms with Crippen molar-refractivity contribution in [1.29, 1.82) is 5.26 Å². The third-order valence-electron chi connectivity index (χ3n) is 3.24. The van der Waals surface area contributed by atoms with Gasteiger partial charge >= 0.3 is 0 Å². The summed E-state index contributed by atoms with van der Waals surface area (Å²) in [5.41, 5.74) is 3.27. The topological polar surface area (TPSA) is 36.1 Å². The molecule has 0 aliphatic rings. The fourth-order valence-electron chi connectivity index (χ4n) is 1.99. The Morgan fingerprint density at radius 1 is 1.30 bits per heavy atom. The summed E-state index contributed by atoms with van der Waals surface area (Å²) in [5, 5.41) is 8.61. The van der Waals surface area contributed by atoms with E-state index in [1.807, 2.05) is 12.1 Å². The van der Waals surface area contributed by atoms with Crippen LogP contribution < -0.4 is 0 Å². The van der Waals surface area contributed by atoms with Crippen LogP contribution in [0.15, 0.2) is 41.5 Å². The van der Waals surface area contributed by atoms with E-state index in [4.69, 9.17) is 5.26 Å². The first kappa shape index (κ1) is 16.2. The number of nitriles is 1.